The van der Waals surface area contributed by atoms with Gasteiger partial charge in [0.25, 0.3) is 5.22 Å². The van der Waals surface area contributed by atoms with Crippen LogP contribution in [0.1, 0.15) is 35.2 Å². The molecule has 0 bridgehead atoms. The molecule has 0 amide bonds. The molecule has 0 fully saturated rings. The van der Waals surface area contributed by atoms with E-state index in [0.29, 0.717) is 35.0 Å². The zero-order valence-corrected chi connectivity index (χ0v) is 13.2. The van der Waals surface area contributed by atoms with Gasteiger partial charge in [0, 0.05) is 11.8 Å². The number of rotatable bonds is 6. The Hall–Kier alpha value is -1.74. The van der Waals surface area contributed by atoms with Crippen molar-refractivity contribution < 1.29 is 8.94 Å². The predicted molar refractivity (Wildman–Crippen MR) is 77.2 cm³/mol. The third kappa shape index (κ3) is 3.67. The van der Waals surface area contributed by atoms with Gasteiger partial charge in [-0.3, -0.25) is 0 Å². The maximum Gasteiger partial charge on any atom is 0.277 e. The maximum atomic E-state index is 5.57. The normalized spacial score (nSPS) is 11.1. The summed E-state index contributed by atoms with van der Waals surface area (Å²) in [5.74, 6) is 2.37. The van der Waals surface area contributed by atoms with Crippen LogP contribution >= 0.6 is 23.1 Å². The second kappa shape index (κ2) is 6.35. The molecule has 0 aliphatic rings. The van der Waals surface area contributed by atoms with Crippen molar-refractivity contribution in [2.75, 3.05) is 0 Å². The summed E-state index contributed by atoms with van der Waals surface area (Å²) in [6, 6.07) is 0. The molecule has 0 aromatic carbocycles. The molecule has 3 rings (SSSR count). The first-order valence-electron chi connectivity index (χ1n) is 6.40. The van der Waals surface area contributed by atoms with Gasteiger partial charge < -0.3 is 8.94 Å². The van der Waals surface area contributed by atoms with Crippen molar-refractivity contribution >= 4 is 23.1 Å². The van der Waals surface area contributed by atoms with Crippen molar-refractivity contribution in [3.05, 3.63) is 33.7 Å². The van der Waals surface area contributed by atoms with Gasteiger partial charge in [0.05, 0.1) is 22.9 Å². The fourth-order valence-electron chi connectivity index (χ4n) is 1.63. The monoisotopic (exact) mass is 323 g/mol. The van der Waals surface area contributed by atoms with Gasteiger partial charge in [-0.05, 0) is 6.92 Å². The summed E-state index contributed by atoms with van der Waals surface area (Å²) in [4.78, 5) is 8.60. The zero-order valence-electron chi connectivity index (χ0n) is 11.6. The van der Waals surface area contributed by atoms with Crippen LogP contribution in [0, 0.1) is 6.92 Å². The van der Waals surface area contributed by atoms with Crippen LogP contribution in [0.4, 0.5) is 0 Å². The van der Waals surface area contributed by atoms with E-state index >= 15 is 0 Å². The fraction of sp³-hybridized carbons (Fsp3) is 0.417. The Kier molecular flexibility index (Phi) is 4.30. The molecule has 0 saturated carbocycles. The van der Waals surface area contributed by atoms with Crippen LogP contribution in [0.25, 0.3) is 0 Å². The van der Waals surface area contributed by atoms with Gasteiger partial charge in [-0.15, -0.1) is 21.5 Å². The molecule has 0 aliphatic heterocycles. The van der Waals surface area contributed by atoms with Gasteiger partial charge in [-0.25, -0.2) is 4.98 Å². The molecule has 7 nitrogen and oxygen atoms in total. The van der Waals surface area contributed by atoms with E-state index in [1.165, 1.54) is 11.8 Å². The molecule has 0 N–H and O–H groups in total. The standard InChI is InChI=1S/C12H13N5O2S2/c1-3-10-14-9(17-19-10)6-21-12-16-15-11(18-12)4-8-5-20-7(2)13-8/h5H,3-4,6H2,1-2H3. The minimum atomic E-state index is 0.500. The summed E-state index contributed by atoms with van der Waals surface area (Å²) < 4.78 is 10.6. The number of aromatic nitrogens is 5. The molecule has 0 radical (unpaired) electrons. The summed E-state index contributed by atoms with van der Waals surface area (Å²) in [5.41, 5.74) is 0.948. The Balaban J connectivity index is 1.57. The highest BCUT2D eigenvalue weighted by molar-refractivity contribution is 7.98. The number of hydrogen-bond acceptors (Lipinski definition) is 9. The van der Waals surface area contributed by atoms with E-state index in [4.69, 9.17) is 8.94 Å². The lowest BCUT2D eigenvalue weighted by atomic mass is 10.3. The first-order chi connectivity index (χ1) is 10.2. The molecule has 3 aromatic rings. The lowest BCUT2D eigenvalue weighted by Gasteiger charge is -1.90. The van der Waals surface area contributed by atoms with E-state index in [1.54, 1.807) is 11.3 Å². The Morgan fingerprint density at radius 1 is 1.24 bits per heavy atom. The quantitative estimate of drug-likeness (QED) is 0.639. The van der Waals surface area contributed by atoms with Crippen LogP contribution in [-0.2, 0) is 18.6 Å². The molecule has 0 atom stereocenters. The molecule has 0 spiro atoms. The second-order valence-electron chi connectivity index (χ2n) is 4.24. The van der Waals surface area contributed by atoms with Crippen molar-refractivity contribution in [2.45, 2.75) is 37.7 Å². The topological polar surface area (TPSA) is 90.7 Å². The van der Waals surface area contributed by atoms with Crippen LogP contribution in [0.2, 0.25) is 0 Å². The van der Waals surface area contributed by atoms with E-state index < -0.39 is 0 Å². The lowest BCUT2D eigenvalue weighted by Crippen LogP contribution is -1.88. The summed E-state index contributed by atoms with van der Waals surface area (Å²) in [5, 5.41) is 15.4. The Labute approximate surface area is 129 Å². The SMILES string of the molecule is CCc1nc(CSc2nnc(Cc3csc(C)n3)o2)no1. The first-order valence-corrected chi connectivity index (χ1v) is 8.27. The van der Waals surface area contributed by atoms with Gasteiger partial charge in [0.15, 0.2) is 5.82 Å². The van der Waals surface area contributed by atoms with E-state index in [9.17, 15) is 0 Å². The summed E-state index contributed by atoms with van der Waals surface area (Å²) in [6.07, 6.45) is 1.29. The van der Waals surface area contributed by atoms with E-state index in [1.807, 2.05) is 19.2 Å². The van der Waals surface area contributed by atoms with Crippen LogP contribution < -0.4 is 0 Å². The average Bonchev–Trinajstić information content (AvgIpc) is 3.19. The smallest absolute Gasteiger partial charge is 0.277 e. The third-order valence-corrected chi connectivity index (χ3v) is 4.22. The van der Waals surface area contributed by atoms with E-state index in [-0.39, 0.29) is 0 Å². The highest BCUT2D eigenvalue weighted by atomic mass is 32.2. The Bertz CT molecular complexity index is 721. The van der Waals surface area contributed by atoms with Crippen molar-refractivity contribution in [3.8, 4) is 0 Å². The van der Waals surface area contributed by atoms with Crippen LogP contribution in [0.5, 0.6) is 0 Å². The Morgan fingerprint density at radius 2 is 2.14 bits per heavy atom. The molecular weight excluding hydrogens is 310 g/mol. The highest BCUT2D eigenvalue weighted by Gasteiger charge is 2.11. The van der Waals surface area contributed by atoms with Crippen molar-refractivity contribution in [2.24, 2.45) is 0 Å². The van der Waals surface area contributed by atoms with Crippen LogP contribution in [0.15, 0.2) is 19.5 Å². The fourth-order valence-corrected chi connectivity index (χ4v) is 2.87. The Morgan fingerprint density at radius 3 is 2.86 bits per heavy atom. The number of aryl methyl sites for hydroxylation is 2. The minimum Gasteiger partial charge on any atom is -0.416 e. The van der Waals surface area contributed by atoms with Gasteiger partial charge in [0.1, 0.15) is 0 Å². The predicted octanol–water partition coefficient (Wildman–Crippen LogP) is 2.66. The minimum absolute atomic E-state index is 0.500. The van der Waals surface area contributed by atoms with Gasteiger partial charge in [-0.1, -0.05) is 23.8 Å². The largest absolute Gasteiger partial charge is 0.416 e. The highest BCUT2D eigenvalue weighted by Crippen LogP contribution is 2.21. The number of nitrogens with zero attached hydrogens (tertiary/aromatic N) is 5. The molecule has 21 heavy (non-hydrogen) atoms. The van der Waals surface area contributed by atoms with Crippen LogP contribution in [-0.4, -0.2) is 25.3 Å². The molecule has 3 aromatic heterocycles. The third-order valence-electron chi connectivity index (χ3n) is 2.58. The molecule has 0 aliphatic carbocycles. The van der Waals surface area contributed by atoms with Crippen LogP contribution in [0.3, 0.4) is 0 Å². The molecular formula is C12H13N5O2S2. The summed E-state index contributed by atoms with van der Waals surface area (Å²) in [6.45, 7) is 3.94. The maximum absolute atomic E-state index is 5.57. The van der Waals surface area contributed by atoms with Crippen molar-refractivity contribution in [3.63, 3.8) is 0 Å². The van der Waals surface area contributed by atoms with Crippen molar-refractivity contribution in [1.29, 1.82) is 0 Å². The van der Waals surface area contributed by atoms with Gasteiger partial charge in [-0.2, -0.15) is 4.98 Å². The second-order valence-corrected chi connectivity index (χ2v) is 6.23. The van der Waals surface area contributed by atoms with E-state index in [0.717, 1.165) is 17.1 Å². The summed E-state index contributed by atoms with van der Waals surface area (Å²) >= 11 is 3.00. The lowest BCUT2D eigenvalue weighted by molar-refractivity contribution is 0.378. The first kappa shape index (κ1) is 14.2. The zero-order chi connectivity index (χ0) is 14.7. The van der Waals surface area contributed by atoms with E-state index in [2.05, 4.69) is 25.3 Å². The molecule has 3 heterocycles. The molecule has 110 valence electrons. The van der Waals surface area contributed by atoms with Gasteiger partial charge in [0.2, 0.25) is 11.8 Å². The molecule has 9 heteroatoms. The molecule has 0 unspecified atom stereocenters. The average molecular weight is 323 g/mol. The van der Waals surface area contributed by atoms with Gasteiger partial charge >= 0.3 is 0 Å². The summed E-state index contributed by atoms with van der Waals surface area (Å²) in [7, 11) is 0. The molecule has 0 saturated heterocycles. The van der Waals surface area contributed by atoms with Crippen molar-refractivity contribution in [1.82, 2.24) is 25.3 Å². The number of thioether (sulfide) groups is 1. The number of thiazole rings is 1. The number of hydrogen-bond donors (Lipinski definition) is 0.